The summed E-state index contributed by atoms with van der Waals surface area (Å²) in [6, 6.07) is 7.38. The highest BCUT2D eigenvalue weighted by molar-refractivity contribution is 5.90. The molecule has 1 N–H and O–H groups in total. The van der Waals surface area contributed by atoms with Gasteiger partial charge in [-0.15, -0.1) is 0 Å². The summed E-state index contributed by atoms with van der Waals surface area (Å²) in [5.74, 6) is -0.281. The van der Waals surface area contributed by atoms with Crippen molar-refractivity contribution in [1.29, 1.82) is 0 Å². The third-order valence-corrected chi connectivity index (χ3v) is 3.23. The molecular weight excluding hydrogens is 242 g/mol. The third kappa shape index (κ3) is 3.96. The lowest BCUT2D eigenvalue weighted by atomic mass is 10.2. The van der Waals surface area contributed by atoms with E-state index in [1.165, 1.54) is 0 Å². The van der Waals surface area contributed by atoms with Gasteiger partial charge in [-0.1, -0.05) is 6.07 Å². The van der Waals surface area contributed by atoms with Gasteiger partial charge in [0.05, 0.1) is 24.4 Å². The lowest BCUT2D eigenvalue weighted by Gasteiger charge is -2.13. The molecule has 2 unspecified atom stereocenters. The Morgan fingerprint density at radius 2 is 2.32 bits per heavy atom. The zero-order valence-corrected chi connectivity index (χ0v) is 11.5. The van der Waals surface area contributed by atoms with Crippen molar-refractivity contribution in [3.8, 4) is 0 Å². The van der Waals surface area contributed by atoms with E-state index in [1.54, 1.807) is 13.0 Å². The van der Waals surface area contributed by atoms with Gasteiger partial charge in [-0.05, 0) is 44.9 Å². The number of esters is 1. The van der Waals surface area contributed by atoms with E-state index in [-0.39, 0.29) is 12.1 Å². The van der Waals surface area contributed by atoms with Crippen LogP contribution in [0.5, 0.6) is 0 Å². The van der Waals surface area contributed by atoms with Gasteiger partial charge in [0.2, 0.25) is 0 Å². The molecule has 0 amide bonds. The molecule has 2 rings (SSSR count). The Bertz CT molecular complexity index is 433. The van der Waals surface area contributed by atoms with E-state index in [0.29, 0.717) is 18.3 Å². The van der Waals surface area contributed by atoms with E-state index >= 15 is 0 Å². The van der Waals surface area contributed by atoms with Crippen molar-refractivity contribution in [2.24, 2.45) is 0 Å². The second-order valence-electron chi connectivity index (χ2n) is 4.83. The van der Waals surface area contributed by atoms with Crippen LogP contribution < -0.4 is 5.32 Å². The third-order valence-electron chi connectivity index (χ3n) is 3.23. The SMILES string of the molecule is CCOC(=O)c1cccc(NCC2CCC(C)O2)c1. The molecule has 0 aromatic heterocycles. The van der Waals surface area contributed by atoms with Crippen molar-refractivity contribution >= 4 is 11.7 Å². The maximum absolute atomic E-state index is 11.6. The number of carbonyl (C=O) groups is 1. The molecule has 1 fully saturated rings. The van der Waals surface area contributed by atoms with E-state index in [9.17, 15) is 4.79 Å². The molecule has 0 aliphatic carbocycles. The van der Waals surface area contributed by atoms with Crippen molar-refractivity contribution in [3.63, 3.8) is 0 Å². The zero-order valence-electron chi connectivity index (χ0n) is 11.5. The molecular formula is C15H21NO3. The zero-order chi connectivity index (χ0) is 13.7. The molecule has 1 aliphatic rings. The number of ether oxygens (including phenoxy) is 2. The first-order valence-corrected chi connectivity index (χ1v) is 6.85. The number of hydrogen-bond donors (Lipinski definition) is 1. The van der Waals surface area contributed by atoms with Crippen LogP contribution in [0.3, 0.4) is 0 Å². The number of carbonyl (C=O) groups excluding carboxylic acids is 1. The predicted molar refractivity (Wildman–Crippen MR) is 74.5 cm³/mol. The first-order chi connectivity index (χ1) is 9.19. The quantitative estimate of drug-likeness (QED) is 0.830. The summed E-state index contributed by atoms with van der Waals surface area (Å²) in [4.78, 5) is 11.6. The molecule has 104 valence electrons. The number of hydrogen-bond acceptors (Lipinski definition) is 4. The minimum absolute atomic E-state index is 0.265. The largest absolute Gasteiger partial charge is 0.462 e. The molecule has 1 aromatic rings. The molecule has 0 spiro atoms. The molecule has 0 bridgehead atoms. The predicted octanol–water partition coefficient (Wildman–Crippen LogP) is 2.84. The van der Waals surface area contributed by atoms with Gasteiger partial charge in [0.1, 0.15) is 0 Å². The summed E-state index contributed by atoms with van der Waals surface area (Å²) in [5.41, 5.74) is 1.50. The van der Waals surface area contributed by atoms with Crippen LogP contribution >= 0.6 is 0 Å². The molecule has 4 nitrogen and oxygen atoms in total. The standard InChI is InChI=1S/C15H21NO3/c1-3-18-15(17)12-5-4-6-13(9-12)16-10-14-8-7-11(2)19-14/h4-6,9,11,14,16H,3,7-8,10H2,1-2H3. The van der Waals surface area contributed by atoms with Gasteiger partial charge >= 0.3 is 5.97 Å². The Balaban J connectivity index is 1.90. The summed E-state index contributed by atoms with van der Waals surface area (Å²) in [6.07, 6.45) is 2.83. The second-order valence-corrected chi connectivity index (χ2v) is 4.83. The van der Waals surface area contributed by atoms with Crippen LogP contribution in [0.25, 0.3) is 0 Å². The number of nitrogens with one attached hydrogen (secondary N) is 1. The van der Waals surface area contributed by atoms with Crippen LogP contribution in [0.15, 0.2) is 24.3 Å². The number of benzene rings is 1. The maximum atomic E-state index is 11.6. The van der Waals surface area contributed by atoms with Gasteiger partial charge in [0.25, 0.3) is 0 Å². The fourth-order valence-electron chi connectivity index (χ4n) is 2.24. The van der Waals surface area contributed by atoms with Crippen molar-refractivity contribution in [2.75, 3.05) is 18.5 Å². The van der Waals surface area contributed by atoms with Crippen molar-refractivity contribution in [3.05, 3.63) is 29.8 Å². The molecule has 1 heterocycles. The van der Waals surface area contributed by atoms with Crippen LogP contribution in [-0.4, -0.2) is 31.3 Å². The second kappa shape index (κ2) is 6.57. The Morgan fingerprint density at radius 1 is 1.47 bits per heavy atom. The minimum atomic E-state index is -0.281. The van der Waals surface area contributed by atoms with E-state index in [4.69, 9.17) is 9.47 Å². The lowest BCUT2D eigenvalue weighted by molar-refractivity contribution is 0.0526. The first kappa shape index (κ1) is 13.9. The van der Waals surface area contributed by atoms with Gasteiger partial charge in [-0.25, -0.2) is 4.79 Å². The summed E-state index contributed by atoms with van der Waals surface area (Å²) in [7, 11) is 0. The van der Waals surface area contributed by atoms with Gasteiger partial charge in [0.15, 0.2) is 0 Å². The summed E-state index contributed by atoms with van der Waals surface area (Å²) in [6.45, 7) is 5.07. The maximum Gasteiger partial charge on any atom is 0.338 e. The highest BCUT2D eigenvalue weighted by Crippen LogP contribution is 2.20. The van der Waals surface area contributed by atoms with Crippen LogP contribution in [0.4, 0.5) is 5.69 Å². The minimum Gasteiger partial charge on any atom is -0.462 e. The van der Waals surface area contributed by atoms with Crippen molar-refractivity contribution in [1.82, 2.24) is 0 Å². The average Bonchev–Trinajstić information content (AvgIpc) is 2.83. The summed E-state index contributed by atoms with van der Waals surface area (Å²) in [5, 5.41) is 3.31. The summed E-state index contributed by atoms with van der Waals surface area (Å²) >= 11 is 0. The average molecular weight is 263 g/mol. The van der Waals surface area contributed by atoms with E-state index in [1.807, 2.05) is 18.2 Å². The fourth-order valence-corrected chi connectivity index (χ4v) is 2.24. The molecule has 1 aromatic carbocycles. The molecule has 19 heavy (non-hydrogen) atoms. The molecule has 1 saturated heterocycles. The molecule has 0 saturated carbocycles. The molecule has 0 radical (unpaired) electrons. The van der Waals surface area contributed by atoms with Crippen molar-refractivity contribution < 1.29 is 14.3 Å². The summed E-state index contributed by atoms with van der Waals surface area (Å²) < 4.78 is 10.7. The highest BCUT2D eigenvalue weighted by atomic mass is 16.5. The smallest absolute Gasteiger partial charge is 0.338 e. The number of rotatable bonds is 5. The molecule has 2 atom stereocenters. The van der Waals surface area contributed by atoms with Crippen LogP contribution in [0.2, 0.25) is 0 Å². The highest BCUT2D eigenvalue weighted by Gasteiger charge is 2.21. The Kier molecular flexibility index (Phi) is 4.80. The van der Waals surface area contributed by atoms with E-state index in [0.717, 1.165) is 25.1 Å². The van der Waals surface area contributed by atoms with Crippen LogP contribution in [0.1, 0.15) is 37.0 Å². The van der Waals surface area contributed by atoms with Crippen LogP contribution in [0, 0.1) is 0 Å². The van der Waals surface area contributed by atoms with Crippen LogP contribution in [-0.2, 0) is 9.47 Å². The number of anilines is 1. The monoisotopic (exact) mass is 263 g/mol. The van der Waals surface area contributed by atoms with E-state index in [2.05, 4.69) is 12.2 Å². The molecule has 4 heteroatoms. The Hall–Kier alpha value is -1.55. The Labute approximate surface area is 114 Å². The lowest BCUT2D eigenvalue weighted by Crippen LogP contribution is -2.19. The molecule has 1 aliphatic heterocycles. The van der Waals surface area contributed by atoms with Gasteiger partial charge < -0.3 is 14.8 Å². The topological polar surface area (TPSA) is 47.6 Å². The van der Waals surface area contributed by atoms with Gasteiger partial charge in [-0.3, -0.25) is 0 Å². The first-order valence-electron chi connectivity index (χ1n) is 6.85. The van der Waals surface area contributed by atoms with Gasteiger partial charge in [0, 0.05) is 12.2 Å². The van der Waals surface area contributed by atoms with Gasteiger partial charge in [-0.2, -0.15) is 0 Å². The fraction of sp³-hybridized carbons (Fsp3) is 0.533. The normalized spacial score (nSPS) is 22.2. The van der Waals surface area contributed by atoms with Crippen molar-refractivity contribution in [2.45, 2.75) is 38.9 Å². The van der Waals surface area contributed by atoms with E-state index < -0.39 is 0 Å². The Morgan fingerprint density at radius 3 is 3.00 bits per heavy atom.